The average Bonchev–Trinajstić information content (AvgIpc) is 3.32. The number of fused-ring (bicyclic) bond motifs is 3. The van der Waals surface area contributed by atoms with E-state index < -0.39 is 33.0 Å². The van der Waals surface area contributed by atoms with E-state index in [1.54, 1.807) is 16.8 Å². The van der Waals surface area contributed by atoms with Gasteiger partial charge in [-0.3, -0.25) is 9.52 Å². The minimum absolute atomic E-state index is 0.0742. The van der Waals surface area contributed by atoms with Gasteiger partial charge in [-0.1, -0.05) is 12.5 Å². The van der Waals surface area contributed by atoms with Gasteiger partial charge in [-0.05, 0) is 61.6 Å². The van der Waals surface area contributed by atoms with Crippen LogP contribution in [0, 0.1) is 11.2 Å². The van der Waals surface area contributed by atoms with Crippen molar-refractivity contribution in [1.29, 1.82) is 0 Å². The number of sulfonamides is 1. The van der Waals surface area contributed by atoms with E-state index in [0.717, 1.165) is 36.0 Å². The predicted octanol–water partition coefficient (Wildman–Crippen LogP) is 2.80. The fourth-order valence-electron chi connectivity index (χ4n) is 5.65. The molecule has 1 aromatic heterocycles. The Morgan fingerprint density at radius 3 is 2.74 bits per heavy atom. The second-order valence-corrected chi connectivity index (χ2v) is 11.6. The lowest BCUT2D eigenvalue weighted by Gasteiger charge is -2.51. The highest BCUT2D eigenvalue weighted by molar-refractivity contribution is 7.89. The first kappa shape index (κ1) is 23.5. The summed E-state index contributed by atoms with van der Waals surface area (Å²) in [5.41, 5.74) is 2.70. The van der Waals surface area contributed by atoms with Crippen molar-refractivity contribution in [3.63, 3.8) is 0 Å². The van der Waals surface area contributed by atoms with Crippen LogP contribution in [0.1, 0.15) is 43.9 Å². The van der Waals surface area contributed by atoms with E-state index in [0.29, 0.717) is 19.4 Å². The van der Waals surface area contributed by atoms with Gasteiger partial charge in [0.15, 0.2) is 0 Å². The van der Waals surface area contributed by atoms with Crippen LogP contribution in [0.3, 0.4) is 0 Å². The maximum absolute atomic E-state index is 13.4. The number of rotatable bonds is 5. The average molecular weight is 503 g/mol. The number of carbonyl (C=O) groups is 2. The second kappa shape index (κ2) is 8.18. The van der Waals surface area contributed by atoms with Crippen molar-refractivity contribution in [2.24, 2.45) is 5.41 Å². The minimum Gasteiger partial charge on any atom is -0.440 e. The maximum Gasteiger partial charge on any atom is 0.410 e. The highest BCUT2D eigenvalue weighted by atomic mass is 32.2. The van der Waals surface area contributed by atoms with E-state index in [9.17, 15) is 22.4 Å². The number of nitrogens with zero attached hydrogens (tertiary/aromatic N) is 3. The molecule has 1 N–H and O–H groups in total. The fraction of sp³-hybridized carbons (Fsp3) is 0.458. The van der Waals surface area contributed by atoms with E-state index in [2.05, 4.69) is 18.1 Å². The van der Waals surface area contributed by atoms with Gasteiger partial charge >= 0.3 is 6.09 Å². The van der Waals surface area contributed by atoms with Crippen molar-refractivity contribution >= 4 is 28.1 Å². The molecule has 35 heavy (non-hydrogen) atoms. The van der Waals surface area contributed by atoms with Crippen molar-refractivity contribution in [3.8, 4) is 5.69 Å². The number of ether oxygens (including phenoxy) is 1. The molecule has 2 aromatic rings. The molecule has 11 heteroatoms. The van der Waals surface area contributed by atoms with Crippen molar-refractivity contribution < 1.29 is 27.1 Å². The Morgan fingerprint density at radius 2 is 2.03 bits per heavy atom. The number of nitrogens with one attached hydrogen (secondary N) is 1. The van der Waals surface area contributed by atoms with Gasteiger partial charge in [-0.2, -0.15) is 5.10 Å². The van der Waals surface area contributed by atoms with Crippen LogP contribution in [0.4, 0.5) is 9.18 Å². The highest BCUT2D eigenvalue weighted by Crippen LogP contribution is 2.56. The summed E-state index contributed by atoms with van der Waals surface area (Å²) >= 11 is 0. The first-order valence-electron chi connectivity index (χ1n) is 11.5. The molecule has 1 saturated heterocycles. The Morgan fingerprint density at radius 1 is 1.29 bits per heavy atom. The smallest absolute Gasteiger partial charge is 0.410 e. The lowest BCUT2D eigenvalue weighted by molar-refractivity contribution is -0.119. The lowest BCUT2D eigenvalue weighted by atomic mass is 9.57. The predicted molar refractivity (Wildman–Crippen MR) is 126 cm³/mol. The molecule has 2 fully saturated rings. The third-order valence-electron chi connectivity index (χ3n) is 7.45. The molecule has 1 spiro atoms. The van der Waals surface area contributed by atoms with Crippen LogP contribution in [0.2, 0.25) is 0 Å². The summed E-state index contributed by atoms with van der Waals surface area (Å²) in [6.07, 6.45) is 7.24. The summed E-state index contributed by atoms with van der Waals surface area (Å²) < 4.78 is 45.8. The third-order valence-corrected chi connectivity index (χ3v) is 8.05. The standard InChI is InChI=1S/C24H27FN4O5S/c1-23-13-16-14-26-29(19-7-5-18(25)6-8-19)20(16)12-17(23)4-3-10-24(23)15-28(22(31)34-24)11-9-21(30)27-35(2,32)33/h5-8,12,14H,3-4,9-11,13,15H2,1-2H3,(H,27,30)/t23-,24+/m0/s1. The topological polar surface area (TPSA) is 111 Å². The van der Waals surface area contributed by atoms with Crippen LogP contribution < -0.4 is 4.72 Å². The molecule has 3 aliphatic rings. The van der Waals surface area contributed by atoms with Crippen molar-refractivity contribution in [2.45, 2.75) is 44.6 Å². The Bertz CT molecular complexity index is 1340. The van der Waals surface area contributed by atoms with Crippen LogP contribution in [-0.4, -0.2) is 60.0 Å². The molecule has 5 rings (SSSR count). The van der Waals surface area contributed by atoms with Gasteiger partial charge in [0.2, 0.25) is 15.9 Å². The van der Waals surface area contributed by atoms with Gasteiger partial charge in [-0.15, -0.1) is 0 Å². The Hall–Kier alpha value is -3.21. The lowest BCUT2D eigenvalue weighted by Crippen LogP contribution is -2.55. The number of aromatic nitrogens is 2. The summed E-state index contributed by atoms with van der Waals surface area (Å²) in [4.78, 5) is 26.3. The Labute approximate surface area is 203 Å². The normalized spacial score (nSPS) is 25.6. The molecule has 9 nitrogen and oxygen atoms in total. The van der Waals surface area contributed by atoms with Crippen molar-refractivity contribution in [3.05, 3.63) is 53.1 Å². The molecule has 1 aromatic carbocycles. The van der Waals surface area contributed by atoms with E-state index in [1.807, 2.05) is 10.9 Å². The fourth-order valence-corrected chi connectivity index (χ4v) is 6.16. The molecule has 1 aliphatic heterocycles. The minimum atomic E-state index is -3.65. The molecule has 0 bridgehead atoms. The van der Waals surface area contributed by atoms with Gasteiger partial charge in [0.1, 0.15) is 11.4 Å². The van der Waals surface area contributed by atoms with E-state index >= 15 is 0 Å². The zero-order valence-electron chi connectivity index (χ0n) is 19.6. The van der Waals surface area contributed by atoms with Gasteiger partial charge in [0.05, 0.1) is 30.4 Å². The summed E-state index contributed by atoms with van der Waals surface area (Å²) in [5, 5.41) is 4.55. The van der Waals surface area contributed by atoms with E-state index in [4.69, 9.17) is 4.74 Å². The summed E-state index contributed by atoms with van der Waals surface area (Å²) in [5.74, 6) is -0.969. The number of hydrogen-bond donors (Lipinski definition) is 1. The van der Waals surface area contributed by atoms with E-state index in [-0.39, 0.29) is 18.8 Å². The first-order valence-corrected chi connectivity index (χ1v) is 13.4. The van der Waals surface area contributed by atoms with Crippen LogP contribution in [0.15, 0.2) is 36.0 Å². The third kappa shape index (κ3) is 4.11. The molecule has 0 radical (unpaired) electrons. The monoisotopic (exact) mass is 502 g/mol. The van der Waals surface area contributed by atoms with Crippen LogP contribution in [0.5, 0.6) is 0 Å². The number of amides is 2. The van der Waals surface area contributed by atoms with E-state index in [1.165, 1.54) is 22.6 Å². The quantitative estimate of drug-likeness (QED) is 0.673. The molecular formula is C24H27FN4O5S. The van der Waals surface area contributed by atoms with Gasteiger partial charge in [0.25, 0.3) is 0 Å². The van der Waals surface area contributed by atoms with Crippen LogP contribution >= 0.6 is 0 Å². The molecule has 186 valence electrons. The Kier molecular flexibility index (Phi) is 5.50. The number of hydrogen-bond acceptors (Lipinski definition) is 6. The zero-order chi connectivity index (χ0) is 25.0. The molecule has 1 saturated carbocycles. The van der Waals surface area contributed by atoms with Gasteiger partial charge < -0.3 is 9.64 Å². The Balaban J connectivity index is 1.40. The van der Waals surface area contributed by atoms with Gasteiger partial charge in [-0.25, -0.2) is 22.3 Å². The molecule has 0 unspecified atom stereocenters. The number of carbonyl (C=O) groups excluding carboxylic acids is 2. The zero-order valence-corrected chi connectivity index (χ0v) is 20.4. The second-order valence-electron chi connectivity index (χ2n) is 9.81. The molecule has 2 amide bonds. The van der Waals surface area contributed by atoms with Crippen LogP contribution in [0.25, 0.3) is 11.8 Å². The summed E-state index contributed by atoms with van der Waals surface area (Å²) in [7, 11) is -3.65. The van der Waals surface area contributed by atoms with Crippen molar-refractivity contribution in [1.82, 2.24) is 19.4 Å². The number of benzene rings is 1. The molecule has 2 heterocycles. The number of halogens is 1. The van der Waals surface area contributed by atoms with Crippen molar-refractivity contribution in [2.75, 3.05) is 19.3 Å². The maximum atomic E-state index is 13.4. The van der Waals surface area contributed by atoms with Crippen LogP contribution in [-0.2, 0) is 26.0 Å². The summed E-state index contributed by atoms with van der Waals surface area (Å²) in [6, 6.07) is 6.19. The van der Waals surface area contributed by atoms with Gasteiger partial charge in [0, 0.05) is 18.4 Å². The summed E-state index contributed by atoms with van der Waals surface area (Å²) in [6.45, 7) is 2.52. The first-order chi connectivity index (χ1) is 16.5. The molecule has 2 aliphatic carbocycles. The molecule has 2 atom stereocenters. The largest absolute Gasteiger partial charge is 0.440 e. The SMILES string of the molecule is C[C@]12Cc3cnn(-c4ccc(F)cc4)c3C=C1CCC[C@@]21CN(CCC(=O)NS(C)(=O)=O)C(=O)O1. The molecular weight excluding hydrogens is 475 g/mol. The highest BCUT2D eigenvalue weighted by Gasteiger charge is 2.60.